The van der Waals surface area contributed by atoms with E-state index in [0.29, 0.717) is 33.2 Å². The van der Waals surface area contributed by atoms with Crippen molar-refractivity contribution >= 4 is 39.3 Å². The molecule has 30 heavy (non-hydrogen) atoms. The van der Waals surface area contributed by atoms with E-state index >= 15 is 0 Å². The highest BCUT2D eigenvalue weighted by atomic mass is 35.5. The maximum atomic E-state index is 13.1. The monoisotopic (exact) mass is 439 g/mol. The van der Waals surface area contributed by atoms with Crippen LogP contribution in [0.3, 0.4) is 0 Å². The van der Waals surface area contributed by atoms with Crippen molar-refractivity contribution in [2.24, 2.45) is 0 Å². The molecular formula is C21H18ClN5O2S. The SMILES string of the molecule is CCc1nc2c(-c3ccncc3)nsc2c(=O)n1CC(=O)NCc1ccccc1Cl. The van der Waals surface area contributed by atoms with E-state index in [0.717, 1.165) is 22.7 Å². The minimum atomic E-state index is -0.285. The molecule has 9 heteroatoms. The van der Waals surface area contributed by atoms with Gasteiger partial charge in [-0.2, -0.15) is 4.37 Å². The molecule has 4 aromatic rings. The van der Waals surface area contributed by atoms with E-state index in [1.807, 2.05) is 37.3 Å². The molecule has 0 aliphatic carbocycles. The maximum Gasteiger partial charge on any atom is 0.273 e. The molecule has 3 aromatic heterocycles. The number of nitrogens with zero attached hydrogens (tertiary/aromatic N) is 4. The molecular weight excluding hydrogens is 422 g/mol. The number of hydrogen-bond donors (Lipinski definition) is 1. The van der Waals surface area contributed by atoms with E-state index in [2.05, 4.69) is 19.7 Å². The normalized spacial score (nSPS) is 11.0. The summed E-state index contributed by atoms with van der Waals surface area (Å²) in [5, 5.41) is 3.40. The van der Waals surface area contributed by atoms with Gasteiger partial charge in [-0.05, 0) is 35.3 Å². The highest BCUT2D eigenvalue weighted by molar-refractivity contribution is 7.13. The lowest BCUT2D eigenvalue weighted by atomic mass is 10.2. The molecule has 0 saturated heterocycles. The summed E-state index contributed by atoms with van der Waals surface area (Å²) in [7, 11) is 0. The molecule has 0 aliphatic rings. The van der Waals surface area contributed by atoms with E-state index in [1.165, 1.54) is 4.57 Å². The second kappa shape index (κ2) is 8.73. The molecule has 1 aromatic carbocycles. The highest BCUT2D eigenvalue weighted by Crippen LogP contribution is 2.27. The molecule has 1 amide bonds. The van der Waals surface area contributed by atoms with Crippen LogP contribution in [0.1, 0.15) is 18.3 Å². The zero-order chi connectivity index (χ0) is 21.1. The Balaban J connectivity index is 1.63. The van der Waals surface area contributed by atoms with Gasteiger partial charge in [0.15, 0.2) is 0 Å². The summed E-state index contributed by atoms with van der Waals surface area (Å²) in [6, 6.07) is 11.0. The second-order valence-corrected chi connectivity index (χ2v) is 7.77. The van der Waals surface area contributed by atoms with Gasteiger partial charge in [0, 0.05) is 35.9 Å². The highest BCUT2D eigenvalue weighted by Gasteiger charge is 2.19. The van der Waals surface area contributed by atoms with Crippen molar-refractivity contribution in [3.8, 4) is 11.3 Å². The summed E-state index contributed by atoms with van der Waals surface area (Å²) in [5.41, 5.74) is 2.61. The third-order valence-electron chi connectivity index (χ3n) is 4.66. The molecule has 7 nitrogen and oxygen atoms in total. The minimum Gasteiger partial charge on any atom is -0.350 e. The number of benzene rings is 1. The summed E-state index contributed by atoms with van der Waals surface area (Å²) in [6.45, 7) is 2.08. The topological polar surface area (TPSA) is 89.8 Å². The van der Waals surface area contributed by atoms with Gasteiger partial charge in [0.25, 0.3) is 5.56 Å². The predicted molar refractivity (Wildman–Crippen MR) is 118 cm³/mol. The van der Waals surface area contributed by atoms with Crippen LogP contribution in [0, 0.1) is 0 Å². The average molecular weight is 440 g/mol. The van der Waals surface area contributed by atoms with Crippen LogP contribution >= 0.6 is 23.1 Å². The number of fused-ring (bicyclic) bond motifs is 1. The fourth-order valence-corrected chi connectivity index (χ4v) is 4.12. The zero-order valence-electron chi connectivity index (χ0n) is 16.1. The Kier molecular flexibility index (Phi) is 5.87. The van der Waals surface area contributed by atoms with E-state index in [-0.39, 0.29) is 24.6 Å². The number of halogens is 1. The summed E-state index contributed by atoms with van der Waals surface area (Å²) < 4.78 is 6.27. The largest absolute Gasteiger partial charge is 0.350 e. The van der Waals surface area contributed by atoms with Gasteiger partial charge in [0.2, 0.25) is 5.91 Å². The van der Waals surface area contributed by atoms with Gasteiger partial charge < -0.3 is 5.32 Å². The Labute approximate surface area is 181 Å². The number of carbonyl (C=O) groups is 1. The smallest absolute Gasteiger partial charge is 0.273 e. The Bertz CT molecular complexity index is 1270. The first-order valence-corrected chi connectivity index (χ1v) is 10.5. The van der Waals surface area contributed by atoms with Crippen molar-refractivity contribution in [2.75, 3.05) is 0 Å². The van der Waals surface area contributed by atoms with Crippen molar-refractivity contribution in [3.05, 3.63) is 75.6 Å². The summed E-state index contributed by atoms with van der Waals surface area (Å²) in [6.07, 6.45) is 3.85. The van der Waals surface area contributed by atoms with Crippen LogP contribution in [0.15, 0.2) is 53.6 Å². The molecule has 0 fully saturated rings. The van der Waals surface area contributed by atoms with E-state index in [4.69, 9.17) is 11.6 Å². The molecule has 0 unspecified atom stereocenters. The number of rotatable bonds is 6. The van der Waals surface area contributed by atoms with Gasteiger partial charge >= 0.3 is 0 Å². The average Bonchev–Trinajstić information content (AvgIpc) is 3.19. The Morgan fingerprint density at radius 2 is 1.97 bits per heavy atom. The fourth-order valence-electron chi connectivity index (χ4n) is 3.13. The standard InChI is InChI=1S/C21H18ClN5O2S/c1-2-16-25-19-18(13-7-9-23-10-8-13)26-30-20(19)21(29)27(16)12-17(28)24-11-14-5-3-4-6-15(14)22/h3-10H,2,11-12H2,1H3,(H,24,28). The minimum absolute atomic E-state index is 0.113. The van der Waals surface area contributed by atoms with E-state index in [1.54, 1.807) is 18.5 Å². The second-order valence-electron chi connectivity index (χ2n) is 6.59. The molecule has 0 saturated carbocycles. The maximum absolute atomic E-state index is 13.1. The lowest BCUT2D eigenvalue weighted by Gasteiger charge is -2.12. The summed E-state index contributed by atoms with van der Waals surface area (Å²) in [5.74, 6) is 0.252. The zero-order valence-corrected chi connectivity index (χ0v) is 17.7. The number of pyridine rings is 1. The van der Waals surface area contributed by atoms with Gasteiger partial charge in [-0.25, -0.2) is 4.98 Å². The Morgan fingerprint density at radius 1 is 1.20 bits per heavy atom. The summed E-state index contributed by atoms with van der Waals surface area (Å²) in [4.78, 5) is 34.3. The predicted octanol–water partition coefficient (Wildman–Crippen LogP) is 3.45. The number of hydrogen-bond acceptors (Lipinski definition) is 6. The van der Waals surface area contributed by atoms with Gasteiger partial charge in [0.1, 0.15) is 28.3 Å². The van der Waals surface area contributed by atoms with Crippen LogP contribution in [0.5, 0.6) is 0 Å². The van der Waals surface area contributed by atoms with Crippen molar-refractivity contribution in [1.82, 2.24) is 24.2 Å². The van der Waals surface area contributed by atoms with Crippen molar-refractivity contribution in [2.45, 2.75) is 26.4 Å². The van der Waals surface area contributed by atoms with E-state index in [9.17, 15) is 9.59 Å². The molecule has 4 rings (SSSR count). The summed E-state index contributed by atoms with van der Waals surface area (Å²) >= 11 is 7.23. The number of nitrogens with one attached hydrogen (secondary N) is 1. The molecule has 1 N–H and O–H groups in total. The molecule has 0 aliphatic heterocycles. The number of amides is 1. The first-order valence-electron chi connectivity index (χ1n) is 9.38. The fraction of sp³-hybridized carbons (Fsp3) is 0.190. The van der Waals surface area contributed by atoms with Crippen LogP contribution in [-0.4, -0.2) is 24.8 Å². The quantitative estimate of drug-likeness (QED) is 0.497. The van der Waals surface area contributed by atoms with Gasteiger partial charge in [-0.1, -0.05) is 36.7 Å². The molecule has 152 valence electrons. The van der Waals surface area contributed by atoms with Crippen molar-refractivity contribution in [1.29, 1.82) is 0 Å². The lowest BCUT2D eigenvalue weighted by Crippen LogP contribution is -2.34. The molecule has 0 spiro atoms. The number of aromatic nitrogens is 4. The third-order valence-corrected chi connectivity index (χ3v) is 5.86. The number of carbonyl (C=O) groups excluding carboxylic acids is 1. The van der Waals surface area contributed by atoms with Crippen LogP contribution < -0.4 is 10.9 Å². The molecule has 0 bridgehead atoms. The van der Waals surface area contributed by atoms with E-state index < -0.39 is 0 Å². The first kappa shape index (κ1) is 20.2. The Hall–Kier alpha value is -3.10. The Morgan fingerprint density at radius 3 is 2.70 bits per heavy atom. The lowest BCUT2D eigenvalue weighted by molar-refractivity contribution is -0.121. The third kappa shape index (κ3) is 3.96. The molecule has 0 atom stereocenters. The molecule has 0 radical (unpaired) electrons. The van der Waals surface area contributed by atoms with Crippen LogP contribution in [-0.2, 0) is 24.3 Å². The van der Waals surface area contributed by atoms with Crippen LogP contribution in [0.2, 0.25) is 5.02 Å². The van der Waals surface area contributed by atoms with Crippen LogP contribution in [0.4, 0.5) is 0 Å². The molecule has 3 heterocycles. The number of aryl methyl sites for hydroxylation is 1. The van der Waals surface area contributed by atoms with Gasteiger partial charge in [0.05, 0.1) is 0 Å². The van der Waals surface area contributed by atoms with Gasteiger partial charge in [-0.3, -0.25) is 19.1 Å². The van der Waals surface area contributed by atoms with Crippen LogP contribution in [0.25, 0.3) is 21.5 Å². The van der Waals surface area contributed by atoms with Gasteiger partial charge in [-0.15, -0.1) is 0 Å². The van der Waals surface area contributed by atoms with Crippen molar-refractivity contribution < 1.29 is 4.79 Å². The van der Waals surface area contributed by atoms with Crippen molar-refractivity contribution in [3.63, 3.8) is 0 Å². The first-order chi connectivity index (χ1) is 14.6.